The number of benzene rings is 3. The molecule has 0 unspecified atom stereocenters. The van der Waals surface area contributed by atoms with Crippen LogP contribution in [0.3, 0.4) is 0 Å². The number of carbonyl (C=O) groups is 1. The number of hydrogen-bond donors (Lipinski definition) is 0. The van der Waals surface area contributed by atoms with Gasteiger partial charge in [0.15, 0.2) is 7.14 Å². The van der Waals surface area contributed by atoms with Gasteiger partial charge < -0.3 is 9.30 Å². The van der Waals surface area contributed by atoms with Gasteiger partial charge in [-0.05, 0) is 12.0 Å². The van der Waals surface area contributed by atoms with Crippen molar-refractivity contribution in [2.45, 2.75) is 12.1 Å². The van der Waals surface area contributed by atoms with E-state index in [2.05, 4.69) is 0 Å². The molecule has 0 aliphatic carbocycles. The van der Waals surface area contributed by atoms with Gasteiger partial charge in [0.05, 0.1) is 7.11 Å². The summed E-state index contributed by atoms with van der Waals surface area (Å²) in [5, 5.41) is 1.33. The molecule has 0 aliphatic rings. The van der Waals surface area contributed by atoms with Gasteiger partial charge in [-0.15, -0.1) is 0 Å². The van der Waals surface area contributed by atoms with Crippen molar-refractivity contribution in [2.24, 2.45) is 0 Å². The Balaban J connectivity index is 2.17. The van der Waals surface area contributed by atoms with Gasteiger partial charge >= 0.3 is 5.97 Å². The first-order valence-corrected chi connectivity index (χ1v) is 10.3. The van der Waals surface area contributed by atoms with Crippen LogP contribution in [0.25, 0.3) is 0 Å². The summed E-state index contributed by atoms with van der Waals surface area (Å²) in [6.45, 7) is 0. The van der Waals surface area contributed by atoms with Crippen molar-refractivity contribution in [3.8, 4) is 0 Å². The fraction of sp³-hybridized carbons (Fsp3) is 0.136. The summed E-state index contributed by atoms with van der Waals surface area (Å²) >= 11 is 0. The van der Waals surface area contributed by atoms with Crippen LogP contribution in [0, 0.1) is 0 Å². The third kappa shape index (κ3) is 3.63. The maximum atomic E-state index is 14.4. The Kier molecular flexibility index (Phi) is 5.70. The molecule has 0 radical (unpaired) electrons. The van der Waals surface area contributed by atoms with E-state index in [1.807, 2.05) is 91.0 Å². The largest absolute Gasteiger partial charge is 0.468 e. The highest BCUT2D eigenvalue weighted by molar-refractivity contribution is 7.80. The summed E-state index contributed by atoms with van der Waals surface area (Å²) in [5.74, 6) is -0.454. The summed E-state index contributed by atoms with van der Waals surface area (Å²) in [6, 6.07) is 28.1. The van der Waals surface area contributed by atoms with Crippen molar-refractivity contribution in [3.05, 3.63) is 96.6 Å². The van der Waals surface area contributed by atoms with Crippen molar-refractivity contribution in [3.63, 3.8) is 0 Å². The summed E-state index contributed by atoms with van der Waals surface area (Å²) < 4.78 is 19.5. The van der Waals surface area contributed by atoms with Gasteiger partial charge in [-0.25, -0.2) is 0 Å². The Morgan fingerprint density at radius 2 is 1.23 bits per heavy atom. The van der Waals surface area contributed by atoms with Crippen molar-refractivity contribution >= 4 is 23.7 Å². The molecule has 0 aromatic heterocycles. The van der Waals surface area contributed by atoms with E-state index in [1.165, 1.54) is 7.11 Å². The van der Waals surface area contributed by atoms with Crippen LogP contribution in [0.4, 0.5) is 0 Å². The molecule has 0 heterocycles. The molecule has 0 bridgehead atoms. The monoisotopic (exact) mass is 364 g/mol. The van der Waals surface area contributed by atoms with Crippen LogP contribution in [-0.4, -0.2) is 18.7 Å². The third-order valence-electron chi connectivity index (χ3n) is 4.46. The summed E-state index contributed by atoms with van der Waals surface area (Å²) in [4.78, 5) is 12.7. The zero-order valence-electron chi connectivity index (χ0n) is 14.6. The first-order chi connectivity index (χ1) is 12.7. The van der Waals surface area contributed by atoms with Crippen LogP contribution >= 0.6 is 7.14 Å². The highest BCUT2D eigenvalue weighted by Gasteiger charge is 2.42. The van der Waals surface area contributed by atoms with Crippen LogP contribution in [0.1, 0.15) is 5.56 Å². The number of esters is 1. The van der Waals surface area contributed by atoms with Gasteiger partial charge in [-0.1, -0.05) is 91.0 Å². The fourth-order valence-electron chi connectivity index (χ4n) is 3.14. The molecule has 0 spiro atoms. The molecule has 0 N–H and O–H groups in total. The lowest BCUT2D eigenvalue weighted by atomic mass is 10.1. The Morgan fingerprint density at radius 3 is 1.65 bits per heavy atom. The molecule has 132 valence electrons. The smallest absolute Gasteiger partial charge is 0.317 e. The maximum Gasteiger partial charge on any atom is 0.317 e. The maximum absolute atomic E-state index is 14.4. The second-order valence-electron chi connectivity index (χ2n) is 6.06. The van der Waals surface area contributed by atoms with Gasteiger partial charge in [0, 0.05) is 10.6 Å². The average Bonchev–Trinajstić information content (AvgIpc) is 2.73. The van der Waals surface area contributed by atoms with E-state index in [4.69, 9.17) is 4.74 Å². The van der Waals surface area contributed by atoms with Gasteiger partial charge in [0.2, 0.25) is 0 Å². The molecular formula is C22H21O3P. The van der Waals surface area contributed by atoms with Crippen LogP contribution in [0.15, 0.2) is 91.0 Å². The summed E-state index contributed by atoms with van der Waals surface area (Å²) in [7, 11) is -1.90. The zero-order valence-corrected chi connectivity index (χ0v) is 15.5. The SMILES string of the molecule is COC(=O)[C@H](Cc1ccccc1)P(=O)(c1ccccc1)c1ccccc1. The molecule has 0 fully saturated rings. The number of methoxy groups -OCH3 is 1. The molecular weight excluding hydrogens is 343 g/mol. The van der Waals surface area contributed by atoms with E-state index in [-0.39, 0.29) is 0 Å². The standard InChI is InChI=1S/C22H21O3P/c1-25-22(23)21(17-18-11-5-2-6-12-18)26(24,19-13-7-3-8-14-19)20-15-9-4-10-16-20/h2-16,21H,17H2,1H3/t21-/m0/s1. The fourth-order valence-corrected chi connectivity index (χ4v) is 6.26. The number of ether oxygens (including phenoxy) is 1. The predicted octanol–water partition coefficient (Wildman–Crippen LogP) is 3.78. The molecule has 3 rings (SSSR count). The molecule has 3 nitrogen and oxygen atoms in total. The Labute approximate surface area is 154 Å². The summed E-state index contributed by atoms with van der Waals surface area (Å²) in [6.07, 6.45) is 0.356. The molecule has 0 saturated heterocycles. The van der Waals surface area contributed by atoms with E-state index in [0.717, 1.165) is 5.56 Å². The van der Waals surface area contributed by atoms with Crippen LogP contribution in [0.5, 0.6) is 0 Å². The first kappa shape index (κ1) is 18.2. The van der Waals surface area contributed by atoms with Gasteiger partial charge in [-0.2, -0.15) is 0 Å². The molecule has 3 aromatic carbocycles. The van der Waals surface area contributed by atoms with E-state index in [1.54, 1.807) is 0 Å². The molecule has 1 atom stereocenters. The van der Waals surface area contributed by atoms with Gasteiger partial charge in [0.1, 0.15) is 5.66 Å². The zero-order chi connectivity index (χ0) is 18.4. The normalized spacial score (nSPS) is 12.3. The van der Waals surface area contributed by atoms with Crippen LogP contribution in [-0.2, 0) is 20.5 Å². The third-order valence-corrected chi connectivity index (χ3v) is 7.87. The van der Waals surface area contributed by atoms with Crippen molar-refractivity contribution in [1.29, 1.82) is 0 Å². The number of carbonyl (C=O) groups excluding carboxylic acids is 1. The molecule has 0 saturated carbocycles. The number of rotatable bonds is 6. The second kappa shape index (κ2) is 8.16. The van der Waals surface area contributed by atoms with E-state index >= 15 is 0 Å². The summed E-state index contributed by atoms with van der Waals surface area (Å²) in [5.41, 5.74) is 0.176. The minimum absolute atomic E-state index is 0.356. The topological polar surface area (TPSA) is 43.4 Å². The minimum Gasteiger partial charge on any atom is -0.468 e. The molecule has 0 aliphatic heterocycles. The van der Waals surface area contributed by atoms with Crippen LogP contribution in [0.2, 0.25) is 0 Å². The molecule has 4 heteroatoms. The Hall–Kier alpha value is -2.64. The second-order valence-corrected chi connectivity index (χ2v) is 9.03. The van der Waals surface area contributed by atoms with E-state index < -0.39 is 18.8 Å². The van der Waals surface area contributed by atoms with Crippen molar-refractivity contribution in [2.75, 3.05) is 7.11 Å². The van der Waals surface area contributed by atoms with Crippen molar-refractivity contribution < 1.29 is 14.1 Å². The first-order valence-electron chi connectivity index (χ1n) is 8.49. The predicted molar refractivity (Wildman–Crippen MR) is 106 cm³/mol. The van der Waals surface area contributed by atoms with Crippen LogP contribution < -0.4 is 10.6 Å². The van der Waals surface area contributed by atoms with E-state index in [0.29, 0.717) is 17.0 Å². The number of hydrogen-bond acceptors (Lipinski definition) is 3. The minimum atomic E-state index is -3.25. The van der Waals surface area contributed by atoms with Gasteiger partial charge in [-0.3, -0.25) is 4.79 Å². The Bertz CT molecular complexity index is 849. The molecule has 3 aromatic rings. The lowest BCUT2D eigenvalue weighted by molar-refractivity contribution is -0.140. The van der Waals surface area contributed by atoms with Gasteiger partial charge in [0.25, 0.3) is 0 Å². The molecule has 26 heavy (non-hydrogen) atoms. The molecule has 0 amide bonds. The average molecular weight is 364 g/mol. The Morgan fingerprint density at radius 1 is 0.808 bits per heavy atom. The quantitative estimate of drug-likeness (QED) is 0.494. The lowest BCUT2D eigenvalue weighted by Gasteiger charge is -2.27. The highest BCUT2D eigenvalue weighted by atomic mass is 31.2. The van der Waals surface area contributed by atoms with Crippen molar-refractivity contribution in [1.82, 2.24) is 0 Å². The van der Waals surface area contributed by atoms with E-state index in [9.17, 15) is 9.36 Å². The lowest BCUT2D eigenvalue weighted by Crippen LogP contribution is -2.34. The highest BCUT2D eigenvalue weighted by Crippen LogP contribution is 2.50.